The second kappa shape index (κ2) is 9.05. The molecule has 0 radical (unpaired) electrons. The lowest BCUT2D eigenvalue weighted by molar-refractivity contribution is -0.172. The van der Waals surface area contributed by atoms with Gasteiger partial charge in [0.1, 0.15) is 12.2 Å². The summed E-state index contributed by atoms with van der Waals surface area (Å²) in [5, 5.41) is 0. The minimum Gasteiger partial charge on any atom is -0.465 e. The first kappa shape index (κ1) is 19.7. The summed E-state index contributed by atoms with van der Waals surface area (Å²) in [4.78, 5) is 36.1. The molecule has 0 saturated heterocycles. The van der Waals surface area contributed by atoms with Gasteiger partial charge in [-0.05, 0) is 33.3 Å². The Labute approximate surface area is 142 Å². The summed E-state index contributed by atoms with van der Waals surface area (Å²) >= 11 is 0. The molecule has 1 rings (SSSR count). The fourth-order valence-electron chi connectivity index (χ4n) is 1.84. The molecule has 0 spiro atoms. The molecule has 24 heavy (non-hydrogen) atoms. The normalized spacial score (nSPS) is 12.2. The van der Waals surface area contributed by atoms with Crippen LogP contribution >= 0.6 is 0 Å². The SMILES string of the molecule is CCOC(=O)C(CC(=O)OCc1ccccc1)C(=O)OC(C)(C)C. The van der Waals surface area contributed by atoms with Gasteiger partial charge in [0.25, 0.3) is 0 Å². The van der Waals surface area contributed by atoms with Gasteiger partial charge >= 0.3 is 17.9 Å². The smallest absolute Gasteiger partial charge is 0.321 e. The van der Waals surface area contributed by atoms with Crippen LogP contribution in [0.25, 0.3) is 0 Å². The highest BCUT2D eigenvalue weighted by Crippen LogP contribution is 2.16. The Morgan fingerprint density at radius 2 is 1.62 bits per heavy atom. The third-order valence-corrected chi connectivity index (χ3v) is 2.88. The molecule has 1 aromatic rings. The average Bonchev–Trinajstić information content (AvgIpc) is 2.50. The van der Waals surface area contributed by atoms with Crippen molar-refractivity contribution in [3.05, 3.63) is 35.9 Å². The van der Waals surface area contributed by atoms with Gasteiger partial charge in [0.2, 0.25) is 0 Å². The van der Waals surface area contributed by atoms with Crippen molar-refractivity contribution < 1.29 is 28.6 Å². The van der Waals surface area contributed by atoms with Gasteiger partial charge in [-0.15, -0.1) is 0 Å². The first-order valence-corrected chi connectivity index (χ1v) is 7.82. The Morgan fingerprint density at radius 3 is 2.17 bits per heavy atom. The molecule has 132 valence electrons. The van der Waals surface area contributed by atoms with Crippen molar-refractivity contribution in [3.63, 3.8) is 0 Å². The molecule has 0 aromatic heterocycles. The van der Waals surface area contributed by atoms with Gasteiger partial charge in [0.05, 0.1) is 13.0 Å². The van der Waals surface area contributed by atoms with E-state index in [-0.39, 0.29) is 13.2 Å². The lowest BCUT2D eigenvalue weighted by Crippen LogP contribution is -2.35. The van der Waals surface area contributed by atoms with Crippen LogP contribution in [-0.4, -0.2) is 30.1 Å². The van der Waals surface area contributed by atoms with Crippen LogP contribution in [0.15, 0.2) is 30.3 Å². The molecule has 1 atom stereocenters. The van der Waals surface area contributed by atoms with Gasteiger partial charge in [-0.2, -0.15) is 0 Å². The van der Waals surface area contributed by atoms with Crippen LogP contribution in [-0.2, 0) is 35.2 Å². The Bertz CT molecular complexity index is 559. The van der Waals surface area contributed by atoms with Crippen molar-refractivity contribution in [2.75, 3.05) is 6.61 Å². The maximum absolute atomic E-state index is 12.2. The van der Waals surface area contributed by atoms with Crippen LogP contribution in [0.2, 0.25) is 0 Å². The molecule has 0 aliphatic carbocycles. The molecule has 0 aliphatic rings. The minimum absolute atomic E-state index is 0.0730. The number of carbonyl (C=O) groups is 3. The first-order valence-electron chi connectivity index (χ1n) is 7.82. The van der Waals surface area contributed by atoms with Gasteiger partial charge in [-0.25, -0.2) is 0 Å². The van der Waals surface area contributed by atoms with E-state index < -0.39 is 35.8 Å². The molecule has 0 aliphatic heterocycles. The molecule has 0 N–H and O–H groups in total. The van der Waals surface area contributed by atoms with Gasteiger partial charge in [0.15, 0.2) is 5.92 Å². The number of hydrogen-bond donors (Lipinski definition) is 0. The third-order valence-electron chi connectivity index (χ3n) is 2.88. The molecule has 6 heteroatoms. The quantitative estimate of drug-likeness (QED) is 0.433. The van der Waals surface area contributed by atoms with Crippen molar-refractivity contribution >= 4 is 17.9 Å². The van der Waals surface area contributed by atoms with E-state index in [0.717, 1.165) is 5.56 Å². The van der Waals surface area contributed by atoms with Crippen LogP contribution in [0, 0.1) is 5.92 Å². The van der Waals surface area contributed by atoms with Crippen molar-refractivity contribution in [2.24, 2.45) is 5.92 Å². The zero-order valence-electron chi connectivity index (χ0n) is 14.5. The van der Waals surface area contributed by atoms with E-state index in [2.05, 4.69) is 0 Å². The fourth-order valence-corrected chi connectivity index (χ4v) is 1.84. The molecule has 1 aromatic carbocycles. The van der Waals surface area contributed by atoms with Crippen molar-refractivity contribution in [1.29, 1.82) is 0 Å². The van der Waals surface area contributed by atoms with E-state index in [9.17, 15) is 14.4 Å². The fraction of sp³-hybridized carbons (Fsp3) is 0.500. The minimum atomic E-state index is -1.33. The highest BCUT2D eigenvalue weighted by molar-refractivity contribution is 5.98. The van der Waals surface area contributed by atoms with Crippen molar-refractivity contribution in [1.82, 2.24) is 0 Å². The lowest BCUT2D eigenvalue weighted by Gasteiger charge is -2.22. The Morgan fingerprint density at radius 1 is 1.00 bits per heavy atom. The predicted octanol–water partition coefficient (Wildman–Crippen LogP) is 2.64. The Balaban J connectivity index is 2.67. The first-order chi connectivity index (χ1) is 11.2. The van der Waals surface area contributed by atoms with Crippen LogP contribution in [0.1, 0.15) is 39.7 Å². The van der Waals surface area contributed by atoms with E-state index in [1.807, 2.05) is 30.3 Å². The van der Waals surface area contributed by atoms with Crippen LogP contribution < -0.4 is 0 Å². The maximum atomic E-state index is 12.2. The molecule has 0 fully saturated rings. The van der Waals surface area contributed by atoms with Crippen molar-refractivity contribution in [2.45, 2.75) is 46.3 Å². The predicted molar refractivity (Wildman–Crippen MR) is 86.8 cm³/mol. The monoisotopic (exact) mass is 336 g/mol. The highest BCUT2D eigenvalue weighted by atomic mass is 16.6. The summed E-state index contributed by atoms with van der Waals surface area (Å²) in [5.41, 5.74) is 0.0475. The van der Waals surface area contributed by atoms with Gasteiger partial charge in [0, 0.05) is 0 Å². The second-order valence-electron chi connectivity index (χ2n) is 6.19. The summed E-state index contributed by atoms with van der Waals surface area (Å²) in [6.45, 7) is 6.85. The molecule has 0 heterocycles. The lowest BCUT2D eigenvalue weighted by atomic mass is 10.1. The Kier molecular flexibility index (Phi) is 7.42. The third kappa shape index (κ3) is 7.26. The molecule has 6 nitrogen and oxygen atoms in total. The Hall–Kier alpha value is -2.37. The topological polar surface area (TPSA) is 78.9 Å². The van der Waals surface area contributed by atoms with Crippen LogP contribution in [0.5, 0.6) is 0 Å². The van der Waals surface area contributed by atoms with E-state index >= 15 is 0 Å². The number of rotatable bonds is 7. The highest BCUT2D eigenvalue weighted by Gasteiger charge is 2.35. The van der Waals surface area contributed by atoms with Gasteiger partial charge in [-0.1, -0.05) is 30.3 Å². The standard InChI is InChI=1S/C18H24O6/c1-5-22-16(20)14(17(21)24-18(2,3)4)11-15(19)23-12-13-9-7-6-8-10-13/h6-10,14H,5,11-12H2,1-4H3. The van der Waals surface area contributed by atoms with Crippen molar-refractivity contribution in [3.8, 4) is 0 Å². The molecule has 1 unspecified atom stereocenters. The van der Waals surface area contributed by atoms with Gasteiger partial charge < -0.3 is 14.2 Å². The molecular formula is C18H24O6. The van der Waals surface area contributed by atoms with Crippen LogP contribution in [0.3, 0.4) is 0 Å². The largest absolute Gasteiger partial charge is 0.465 e. The molecule has 0 amide bonds. The molecule has 0 bridgehead atoms. The van der Waals surface area contributed by atoms with E-state index in [4.69, 9.17) is 14.2 Å². The second-order valence-corrected chi connectivity index (χ2v) is 6.19. The number of carbonyl (C=O) groups excluding carboxylic acids is 3. The number of hydrogen-bond acceptors (Lipinski definition) is 6. The summed E-state index contributed by atoms with van der Waals surface area (Å²) in [6.07, 6.45) is -0.416. The summed E-state index contributed by atoms with van der Waals surface area (Å²) in [6, 6.07) is 9.12. The average molecular weight is 336 g/mol. The van der Waals surface area contributed by atoms with Crippen LogP contribution in [0.4, 0.5) is 0 Å². The van der Waals surface area contributed by atoms with Gasteiger partial charge in [-0.3, -0.25) is 14.4 Å². The zero-order valence-corrected chi connectivity index (χ0v) is 14.5. The number of benzene rings is 1. The van der Waals surface area contributed by atoms with E-state index in [1.54, 1.807) is 27.7 Å². The summed E-state index contributed by atoms with van der Waals surface area (Å²) < 4.78 is 15.2. The molecule has 0 saturated carbocycles. The van der Waals surface area contributed by atoms with E-state index in [0.29, 0.717) is 0 Å². The zero-order chi connectivity index (χ0) is 18.2. The summed E-state index contributed by atoms with van der Waals surface area (Å²) in [5.74, 6) is -3.57. The number of ether oxygens (including phenoxy) is 3. The maximum Gasteiger partial charge on any atom is 0.321 e. The number of esters is 3. The van der Waals surface area contributed by atoms with E-state index in [1.165, 1.54) is 0 Å². The summed E-state index contributed by atoms with van der Waals surface area (Å²) in [7, 11) is 0. The molecular weight excluding hydrogens is 312 g/mol.